The largest absolute Gasteiger partial charge is 0.392 e. The summed E-state index contributed by atoms with van der Waals surface area (Å²) < 4.78 is 0. The molecule has 0 spiro atoms. The zero-order valence-electron chi connectivity index (χ0n) is 10.5. The van der Waals surface area contributed by atoms with Crippen LogP contribution >= 0.6 is 0 Å². The Morgan fingerprint density at radius 1 is 1.19 bits per heavy atom. The Hall–Kier alpha value is -0.370. The lowest BCUT2D eigenvalue weighted by Gasteiger charge is -2.45. The molecule has 0 aromatic heterocycles. The van der Waals surface area contributed by atoms with Gasteiger partial charge in [-0.25, -0.2) is 0 Å². The van der Waals surface area contributed by atoms with Crippen LogP contribution in [0.15, 0.2) is 0 Å². The minimum atomic E-state index is -0.263. The van der Waals surface area contributed by atoms with Crippen molar-refractivity contribution in [2.45, 2.75) is 59.0 Å². The average molecular weight is 222 g/mol. The third kappa shape index (κ3) is 0.848. The van der Waals surface area contributed by atoms with E-state index in [1.165, 1.54) is 19.3 Å². The maximum atomic E-state index is 11.9. The smallest absolute Gasteiger partial charge is 0.133 e. The van der Waals surface area contributed by atoms with Gasteiger partial charge in [0.1, 0.15) is 5.78 Å². The first-order valence-electron chi connectivity index (χ1n) is 6.55. The molecule has 0 unspecified atom stereocenters. The molecule has 0 amide bonds. The lowest BCUT2D eigenvalue weighted by molar-refractivity contribution is -0.132. The van der Waals surface area contributed by atoms with Crippen molar-refractivity contribution < 1.29 is 9.90 Å². The molecular formula is C14H22O2. The molecule has 0 aromatic carbocycles. The van der Waals surface area contributed by atoms with Gasteiger partial charge in [0.15, 0.2) is 0 Å². The lowest BCUT2D eigenvalue weighted by atomic mass is 9.59. The van der Waals surface area contributed by atoms with Gasteiger partial charge in [-0.1, -0.05) is 27.2 Å². The highest BCUT2D eigenvalue weighted by molar-refractivity contribution is 5.81. The Morgan fingerprint density at radius 2 is 1.88 bits per heavy atom. The number of rotatable bonds is 0. The van der Waals surface area contributed by atoms with Crippen molar-refractivity contribution in [3.8, 4) is 0 Å². The van der Waals surface area contributed by atoms with Crippen LogP contribution in [0.1, 0.15) is 52.9 Å². The monoisotopic (exact) mass is 222 g/mol. The van der Waals surface area contributed by atoms with Crippen LogP contribution in [0.3, 0.4) is 0 Å². The second kappa shape index (κ2) is 2.72. The van der Waals surface area contributed by atoms with Gasteiger partial charge in [-0.3, -0.25) is 4.79 Å². The molecule has 3 aliphatic carbocycles. The Morgan fingerprint density at radius 3 is 2.56 bits per heavy atom. The zero-order chi connectivity index (χ0) is 11.8. The Balaban J connectivity index is 2.19. The molecule has 90 valence electrons. The number of ketones is 1. The van der Waals surface area contributed by atoms with Crippen LogP contribution in [-0.2, 0) is 4.79 Å². The first kappa shape index (κ1) is 10.8. The van der Waals surface area contributed by atoms with Gasteiger partial charge in [0.25, 0.3) is 0 Å². The van der Waals surface area contributed by atoms with Gasteiger partial charge in [0, 0.05) is 18.3 Å². The summed E-state index contributed by atoms with van der Waals surface area (Å²) in [5.74, 6) is 0.584. The van der Waals surface area contributed by atoms with Crippen molar-refractivity contribution in [1.29, 1.82) is 0 Å². The highest BCUT2D eigenvalue weighted by atomic mass is 16.3. The predicted octanol–water partition coefficient (Wildman–Crippen LogP) is 2.54. The third-order valence-corrected chi connectivity index (χ3v) is 6.76. The van der Waals surface area contributed by atoms with E-state index < -0.39 is 0 Å². The van der Waals surface area contributed by atoms with Crippen molar-refractivity contribution >= 4 is 5.78 Å². The standard InChI is InChI=1S/C14H22O2/c1-12-5-4-6-14(12,3)13(2)8-9(15)7-10(12)11(13)16/h10-11,16H,4-8H2,1-3H3/t10-,11-,12-,13+,14-/m1/s1. The van der Waals surface area contributed by atoms with Crippen molar-refractivity contribution in [3.63, 3.8) is 0 Å². The summed E-state index contributed by atoms with van der Waals surface area (Å²) in [6.45, 7) is 6.79. The quantitative estimate of drug-likeness (QED) is 0.684. The minimum absolute atomic E-state index is 0.163. The van der Waals surface area contributed by atoms with Crippen molar-refractivity contribution in [2.75, 3.05) is 0 Å². The van der Waals surface area contributed by atoms with Gasteiger partial charge >= 0.3 is 0 Å². The van der Waals surface area contributed by atoms with Crippen LogP contribution in [0, 0.1) is 22.2 Å². The molecule has 1 N–H and O–H groups in total. The van der Waals surface area contributed by atoms with E-state index in [9.17, 15) is 9.90 Å². The summed E-state index contributed by atoms with van der Waals surface area (Å²) in [4.78, 5) is 11.9. The van der Waals surface area contributed by atoms with Crippen LogP contribution in [-0.4, -0.2) is 17.0 Å². The molecule has 3 fully saturated rings. The molecule has 0 aromatic rings. The summed E-state index contributed by atoms with van der Waals surface area (Å²) in [6.07, 6.45) is 4.58. The number of carbonyl (C=O) groups is 1. The number of aliphatic hydroxyl groups is 1. The zero-order valence-corrected chi connectivity index (χ0v) is 10.5. The molecule has 2 bridgehead atoms. The molecule has 3 aliphatic rings. The molecular weight excluding hydrogens is 200 g/mol. The van der Waals surface area contributed by atoms with E-state index in [1.54, 1.807) is 0 Å². The molecule has 0 saturated heterocycles. The van der Waals surface area contributed by atoms with E-state index >= 15 is 0 Å². The van der Waals surface area contributed by atoms with Crippen LogP contribution in [0.25, 0.3) is 0 Å². The molecule has 2 nitrogen and oxygen atoms in total. The fraction of sp³-hybridized carbons (Fsp3) is 0.929. The first-order valence-corrected chi connectivity index (χ1v) is 6.55. The number of hydrogen-bond acceptors (Lipinski definition) is 2. The highest BCUT2D eigenvalue weighted by Crippen LogP contribution is 2.75. The maximum absolute atomic E-state index is 11.9. The molecule has 3 rings (SSSR count). The van der Waals surface area contributed by atoms with Gasteiger partial charge in [-0.05, 0) is 29.6 Å². The van der Waals surface area contributed by atoms with Crippen LogP contribution in [0.5, 0.6) is 0 Å². The predicted molar refractivity (Wildman–Crippen MR) is 61.9 cm³/mol. The minimum Gasteiger partial charge on any atom is -0.392 e. The molecule has 0 heterocycles. The van der Waals surface area contributed by atoms with Gasteiger partial charge < -0.3 is 5.11 Å². The Kier molecular flexibility index (Phi) is 1.83. The second-order valence-electron chi connectivity index (χ2n) is 6.99. The molecule has 2 heteroatoms. The normalized spacial score (nSPS) is 60.1. The van der Waals surface area contributed by atoms with E-state index in [4.69, 9.17) is 0 Å². The average Bonchev–Trinajstić information content (AvgIpc) is 2.53. The van der Waals surface area contributed by atoms with Gasteiger partial charge in [0.2, 0.25) is 0 Å². The summed E-state index contributed by atoms with van der Waals surface area (Å²) >= 11 is 0. The Bertz CT molecular complexity index is 364. The SMILES string of the molecule is C[C@@]12CCC[C@]1(C)[C@@H]1CC(=O)C[C@@]2(C)[C@@H]1O. The Labute approximate surface area is 97.4 Å². The van der Waals surface area contributed by atoms with Gasteiger partial charge in [0.05, 0.1) is 6.10 Å². The van der Waals surface area contributed by atoms with Crippen molar-refractivity contribution in [3.05, 3.63) is 0 Å². The summed E-state index contributed by atoms with van der Waals surface area (Å²) in [5.41, 5.74) is 0.182. The van der Waals surface area contributed by atoms with E-state index in [-0.39, 0.29) is 28.3 Å². The summed E-state index contributed by atoms with van der Waals surface area (Å²) in [7, 11) is 0. The first-order chi connectivity index (χ1) is 7.35. The summed E-state index contributed by atoms with van der Waals surface area (Å²) in [5, 5.41) is 10.6. The lowest BCUT2D eigenvalue weighted by Crippen LogP contribution is -2.45. The van der Waals surface area contributed by atoms with E-state index in [2.05, 4.69) is 20.8 Å². The van der Waals surface area contributed by atoms with E-state index in [0.29, 0.717) is 18.6 Å². The van der Waals surface area contributed by atoms with Gasteiger partial charge in [-0.2, -0.15) is 0 Å². The number of fused-ring (bicyclic) bond motifs is 5. The van der Waals surface area contributed by atoms with E-state index in [1.807, 2.05) is 0 Å². The van der Waals surface area contributed by atoms with Crippen molar-refractivity contribution in [2.24, 2.45) is 22.2 Å². The van der Waals surface area contributed by atoms with Crippen LogP contribution in [0.2, 0.25) is 0 Å². The molecule has 0 radical (unpaired) electrons. The maximum Gasteiger partial charge on any atom is 0.133 e. The summed E-state index contributed by atoms with van der Waals surface area (Å²) in [6, 6.07) is 0. The van der Waals surface area contributed by atoms with Crippen molar-refractivity contribution in [1.82, 2.24) is 0 Å². The second-order valence-corrected chi connectivity index (χ2v) is 6.99. The fourth-order valence-electron chi connectivity index (χ4n) is 5.39. The topological polar surface area (TPSA) is 37.3 Å². The van der Waals surface area contributed by atoms with Crippen LogP contribution in [0.4, 0.5) is 0 Å². The number of carbonyl (C=O) groups excluding carboxylic acids is 1. The van der Waals surface area contributed by atoms with E-state index in [0.717, 1.165) is 0 Å². The molecule has 3 saturated carbocycles. The molecule has 16 heavy (non-hydrogen) atoms. The van der Waals surface area contributed by atoms with Crippen LogP contribution < -0.4 is 0 Å². The highest BCUT2D eigenvalue weighted by Gasteiger charge is 2.73. The number of aliphatic hydroxyl groups excluding tert-OH is 1. The fourth-order valence-corrected chi connectivity index (χ4v) is 5.39. The molecule has 5 atom stereocenters. The molecule has 0 aliphatic heterocycles. The third-order valence-electron chi connectivity index (χ3n) is 6.76. The van der Waals surface area contributed by atoms with Gasteiger partial charge in [-0.15, -0.1) is 0 Å². The number of Topliss-reactive ketones (excluding diaryl/α,β-unsaturated/α-hetero) is 1. The number of hydrogen-bond donors (Lipinski definition) is 1.